The van der Waals surface area contributed by atoms with Crippen molar-refractivity contribution in [2.45, 2.75) is 25.3 Å². The van der Waals surface area contributed by atoms with Gasteiger partial charge < -0.3 is 24.2 Å². The molecule has 7 nitrogen and oxygen atoms in total. The maximum atomic E-state index is 13.3. The van der Waals surface area contributed by atoms with Crippen LogP contribution in [0.4, 0.5) is 0 Å². The fourth-order valence-corrected chi connectivity index (χ4v) is 4.14. The van der Waals surface area contributed by atoms with Crippen LogP contribution >= 0.6 is 0 Å². The van der Waals surface area contributed by atoms with Gasteiger partial charge in [-0.25, -0.2) is 0 Å². The molecule has 2 aromatic carbocycles. The Bertz CT molecular complexity index is 970. The van der Waals surface area contributed by atoms with Gasteiger partial charge in [-0.05, 0) is 53.4 Å². The van der Waals surface area contributed by atoms with Crippen LogP contribution in [0.15, 0.2) is 30.3 Å². The number of fused-ring (bicyclic) bond motifs is 2. The maximum Gasteiger partial charge on any atom is 0.305 e. The molecule has 0 saturated carbocycles. The Balaban J connectivity index is 1.72. The number of rotatable bonds is 5. The number of nitrogens with zero attached hydrogens (tertiary/aromatic N) is 1. The smallest absolute Gasteiger partial charge is 0.305 e. The molecule has 0 spiro atoms. The second-order valence-corrected chi connectivity index (χ2v) is 7.19. The number of hydrogen-bond donors (Lipinski definition) is 1. The largest absolute Gasteiger partial charge is 0.493 e. The van der Waals surface area contributed by atoms with E-state index in [2.05, 4.69) is 0 Å². The molecule has 2 heterocycles. The number of carboxylic acid groups (broad SMARTS) is 1. The average molecular weight is 397 g/mol. The van der Waals surface area contributed by atoms with Gasteiger partial charge in [0.15, 0.2) is 11.5 Å². The van der Waals surface area contributed by atoms with Crippen molar-refractivity contribution in [1.82, 2.24) is 4.90 Å². The molecule has 0 saturated heterocycles. The SMILES string of the molecule is COc1cc2c(cc1OC)[C@H](CC(=O)O)N(C(=O)c1ccc3c(c1)CCO3)CC2. The van der Waals surface area contributed by atoms with Crippen molar-refractivity contribution in [2.24, 2.45) is 0 Å². The lowest BCUT2D eigenvalue weighted by atomic mass is 9.89. The van der Waals surface area contributed by atoms with E-state index in [4.69, 9.17) is 14.2 Å². The van der Waals surface area contributed by atoms with Crippen molar-refractivity contribution >= 4 is 11.9 Å². The minimum Gasteiger partial charge on any atom is -0.493 e. The zero-order valence-corrected chi connectivity index (χ0v) is 16.4. The molecule has 0 aliphatic carbocycles. The summed E-state index contributed by atoms with van der Waals surface area (Å²) in [6, 6.07) is 8.50. The predicted molar refractivity (Wildman–Crippen MR) is 105 cm³/mol. The molecular formula is C22H23NO6. The van der Waals surface area contributed by atoms with Gasteiger partial charge in [-0.1, -0.05) is 0 Å². The van der Waals surface area contributed by atoms with E-state index in [-0.39, 0.29) is 12.3 Å². The first-order chi connectivity index (χ1) is 14.0. The van der Waals surface area contributed by atoms with Crippen LogP contribution in [0.3, 0.4) is 0 Å². The summed E-state index contributed by atoms with van der Waals surface area (Å²) in [5, 5.41) is 9.51. The van der Waals surface area contributed by atoms with E-state index in [1.807, 2.05) is 18.2 Å². The number of carboxylic acids is 1. The van der Waals surface area contributed by atoms with Crippen LogP contribution in [0.25, 0.3) is 0 Å². The van der Waals surface area contributed by atoms with Crippen LogP contribution in [-0.2, 0) is 17.6 Å². The number of aliphatic carboxylic acids is 1. The van der Waals surface area contributed by atoms with E-state index in [1.54, 1.807) is 24.1 Å². The third-order valence-electron chi connectivity index (χ3n) is 5.57. The summed E-state index contributed by atoms with van der Waals surface area (Å²) in [6.45, 7) is 1.06. The van der Waals surface area contributed by atoms with Crippen molar-refractivity contribution in [3.05, 3.63) is 52.6 Å². The molecule has 0 bridgehead atoms. The van der Waals surface area contributed by atoms with E-state index in [9.17, 15) is 14.7 Å². The second kappa shape index (κ2) is 7.66. The highest BCUT2D eigenvalue weighted by molar-refractivity contribution is 5.95. The summed E-state index contributed by atoms with van der Waals surface area (Å²) < 4.78 is 16.3. The number of amides is 1. The van der Waals surface area contributed by atoms with Gasteiger partial charge in [-0.3, -0.25) is 9.59 Å². The van der Waals surface area contributed by atoms with E-state index in [0.717, 1.165) is 28.9 Å². The third kappa shape index (κ3) is 3.48. The van der Waals surface area contributed by atoms with Gasteiger partial charge in [0.25, 0.3) is 5.91 Å². The highest BCUT2D eigenvalue weighted by Gasteiger charge is 2.34. The van der Waals surface area contributed by atoms with Gasteiger partial charge in [0.2, 0.25) is 0 Å². The first-order valence-electron chi connectivity index (χ1n) is 9.55. The highest BCUT2D eigenvalue weighted by atomic mass is 16.5. The van der Waals surface area contributed by atoms with E-state index in [1.165, 1.54) is 7.11 Å². The number of ether oxygens (including phenoxy) is 3. The first-order valence-corrected chi connectivity index (χ1v) is 9.55. The molecule has 0 unspecified atom stereocenters. The second-order valence-electron chi connectivity index (χ2n) is 7.19. The lowest BCUT2D eigenvalue weighted by molar-refractivity contribution is -0.138. The predicted octanol–water partition coefficient (Wildman–Crippen LogP) is 2.85. The number of carbonyl (C=O) groups excluding carboxylic acids is 1. The van der Waals surface area contributed by atoms with Crippen molar-refractivity contribution < 1.29 is 28.9 Å². The van der Waals surface area contributed by atoms with Gasteiger partial charge in [-0.15, -0.1) is 0 Å². The normalized spacial score (nSPS) is 17.2. The molecule has 7 heteroatoms. The fraction of sp³-hybridized carbons (Fsp3) is 0.364. The number of hydrogen-bond acceptors (Lipinski definition) is 5. The van der Waals surface area contributed by atoms with Gasteiger partial charge in [-0.2, -0.15) is 0 Å². The summed E-state index contributed by atoms with van der Waals surface area (Å²) >= 11 is 0. The minimum atomic E-state index is -0.960. The average Bonchev–Trinajstić information content (AvgIpc) is 3.20. The summed E-state index contributed by atoms with van der Waals surface area (Å²) in [4.78, 5) is 26.6. The molecule has 1 N–H and O–H groups in total. The molecule has 1 atom stereocenters. The lowest BCUT2D eigenvalue weighted by Crippen LogP contribution is -2.41. The Morgan fingerprint density at radius 1 is 1.10 bits per heavy atom. The van der Waals surface area contributed by atoms with Gasteiger partial charge >= 0.3 is 5.97 Å². The molecule has 2 aliphatic heterocycles. The summed E-state index contributed by atoms with van der Waals surface area (Å²) in [7, 11) is 3.10. The Morgan fingerprint density at radius 3 is 2.59 bits per heavy atom. The number of carbonyl (C=O) groups is 2. The van der Waals surface area contributed by atoms with Crippen molar-refractivity contribution in [1.29, 1.82) is 0 Å². The molecule has 152 valence electrons. The highest BCUT2D eigenvalue weighted by Crippen LogP contribution is 2.40. The van der Waals surface area contributed by atoms with Crippen molar-refractivity contribution in [3.63, 3.8) is 0 Å². The zero-order chi connectivity index (χ0) is 20.5. The minimum absolute atomic E-state index is 0.175. The monoisotopic (exact) mass is 397 g/mol. The number of methoxy groups -OCH3 is 2. The Kier molecular flexibility index (Phi) is 5.05. The quantitative estimate of drug-likeness (QED) is 0.835. The Morgan fingerprint density at radius 2 is 1.86 bits per heavy atom. The fourth-order valence-electron chi connectivity index (χ4n) is 4.14. The molecule has 4 rings (SSSR count). The van der Waals surface area contributed by atoms with Crippen LogP contribution in [-0.4, -0.2) is 49.3 Å². The molecule has 1 amide bonds. The van der Waals surface area contributed by atoms with Crippen LogP contribution < -0.4 is 14.2 Å². The lowest BCUT2D eigenvalue weighted by Gasteiger charge is -2.37. The Hall–Kier alpha value is -3.22. The van der Waals surface area contributed by atoms with Gasteiger partial charge in [0.05, 0.1) is 33.3 Å². The van der Waals surface area contributed by atoms with Crippen LogP contribution in [0, 0.1) is 0 Å². The zero-order valence-electron chi connectivity index (χ0n) is 16.4. The molecule has 0 fully saturated rings. The third-order valence-corrected chi connectivity index (χ3v) is 5.57. The molecule has 29 heavy (non-hydrogen) atoms. The first kappa shape index (κ1) is 19.1. The molecule has 2 aromatic rings. The summed E-state index contributed by atoms with van der Waals surface area (Å²) in [6.07, 6.45) is 1.21. The van der Waals surface area contributed by atoms with Crippen LogP contribution in [0.1, 0.15) is 39.5 Å². The maximum absolute atomic E-state index is 13.3. The van der Waals surface area contributed by atoms with Crippen LogP contribution in [0.5, 0.6) is 17.2 Å². The van der Waals surface area contributed by atoms with Gasteiger partial charge in [0.1, 0.15) is 5.75 Å². The van der Waals surface area contributed by atoms with Crippen molar-refractivity contribution in [3.8, 4) is 17.2 Å². The van der Waals surface area contributed by atoms with E-state index >= 15 is 0 Å². The summed E-state index contributed by atoms with van der Waals surface area (Å²) in [5.74, 6) is 0.790. The topological polar surface area (TPSA) is 85.3 Å². The Labute approximate surface area is 168 Å². The molecule has 0 aromatic heterocycles. The standard InChI is InChI=1S/C22H23NO6/c1-27-19-10-13-5-7-23(17(12-21(24)25)16(13)11-20(19)28-2)22(26)15-3-4-18-14(9-15)6-8-29-18/h3-4,9-11,17H,5-8,12H2,1-2H3,(H,24,25)/t17-/m0/s1. The summed E-state index contributed by atoms with van der Waals surface area (Å²) in [5.41, 5.74) is 3.32. The number of benzene rings is 2. The molecule has 0 radical (unpaired) electrons. The van der Waals surface area contributed by atoms with Crippen molar-refractivity contribution in [2.75, 3.05) is 27.4 Å². The molecule has 2 aliphatic rings. The van der Waals surface area contributed by atoms with E-state index in [0.29, 0.717) is 36.6 Å². The van der Waals surface area contributed by atoms with Gasteiger partial charge in [0, 0.05) is 18.5 Å². The molecular weight excluding hydrogens is 374 g/mol. The van der Waals surface area contributed by atoms with Crippen LogP contribution in [0.2, 0.25) is 0 Å². The van der Waals surface area contributed by atoms with E-state index < -0.39 is 12.0 Å².